The Balaban J connectivity index is 1.93. The number of halogens is 1. The van der Waals surface area contributed by atoms with Crippen molar-refractivity contribution in [1.29, 1.82) is 0 Å². The third-order valence-electron chi connectivity index (χ3n) is 4.25. The molecule has 0 spiro atoms. The minimum Gasteiger partial charge on any atom is -0.508 e. The van der Waals surface area contributed by atoms with E-state index in [0.717, 1.165) is 22.5 Å². The molecule has 1 aromatic carbocycles. The van der Waals surface area contributed by atoms with Crippen LogP contribution in [0.2, 0.25) is 0 Å². The van der Waals surface area contributed by atoms with Crippen molar-refractivity contribution in [3.05, 3.63) is 28.2 Å². The van der Waals surface area contributed by atoms with Crippen LogP contribution in [0.5, 0.6) is 5.75 Å². The number of hydrogen-bond donors (Lipinski definition) is 2. The van der Waals surface area contributed by atoms with Gasteiger partial charge in [-0.2, -0.15) is 0 Å². The van der Waals surface area contributed by atoms with E-state index in [1.165, 1.54) is 38.5 Å². The second kappa shape index (κ2) is 7.30. The normalized spacial score (nSPS) is 18.4. The Kier molecular flexibility index (Phi) is 5.71. The van der Waals surface area contributed by atoms with Crippen molar-refractivity contribution in [2.24, 2.45) is 5.92 Å². The highest BCUT2D eigenvalue weighted by atomic mass is 79.9. The maximum absolute atomic E-state index is 9.87. The van der Waals surface area contributed by atoms with Crippen LogP contribution in [0.1, 0.15) is 51.0 Å². The van der Waals surface area contributed by atoms with E-state index in [9.17, 15) is 5.11 Å². The van der Waals surface area contributed by atoms with Crippen LogP contribution in [0.4, 0.5) is 0 Å². The molecular formula is C16H24BrNO. The first kappa shape index (κ1) is 14.9. The molecule has 1 atom stereocenters. The van der Waals surface area contributed by atoms with Gasteiger partial charge in [0.25, 0.3) is 0 Å². The summed E-state index contributed by atoms with van der Waals surface area (Å²) < 4.78 is 1.02. The Morgan fingerprint density at radius 1 is 1.32 bits per heavy atom. The van der Waals surface area contributed by atoms with Crippen LogP contribution in [-0.2, 0) is 6.54 Å². The summed E-state index contributed by atoms with van der Waals surface area (Å²) in [5, 5.41) is 13.5. The molecule has 106 valence electrons. The molecule has 3 heteroatoms. The van der Waals surface area contributed by atoms with Gasteiger partial charge in [0.05, 0.1) is 0 Å². The van der Waals surface area contributed by atoms with Crippen LogP contribution in [-0.4, -0.2) is 11.1 Å². The van der Waals surface area contributed by atoms with E-state index < -0.39 is 0 Å². The fraction of sp³-hybridized carbons (Fsp3) is 0.625. The highest BCUT2D eigenvalue weighted by Gasteiger charge is 2.21. The third-order valence-corrected chi connectivity index (χ3v) is 4.75. The van der Waals surface area contributed by atoms with E-state index in [1.807, 2.05) is 12.1 Å². The number of rotatable bonds is 5. The Bertz CT molecular complexity index is 402. The van der Waals surface area contributed by atoms with Crippen LogP contribution in [0.15, 0.2) is 22.7 Å². The summed E-state index contributed by atoms with van der Waals surface area (Å²) in [6.45, 7) is 3.01. The average molecular weight is 326 g/mol. The van der Waals surface area contributed by atoms with Gasteiger partial charge in [0.15, 0.2) is 0 Å². The Morgan fingerprint density at radius 3 is 2.74 bits per heavy atom. The number of hydrogen-bond acceptors (Lipinski definition) is 2. The second-order valence-electron chi connectivity index (χ2n) is 5.57. The molecule has 1 aromatic rings. The van der Waals surface area contributed by atoms with E-state index in [1.54, 1.807) is 6.07 Å². The molecule has 0 amide bonds. The molecule has 1 aliphatic carbocycles. The average Bonchev–Trinajstić information content (AvgIpc) is 2.44. The van der Waals surface area contributed by atoms with Crippen molar-refractivity contribution in [1.82, 2.24) is 5.32 Å². The first-order chi connectivity index (χ1) is 9.20. The van der Waals surface area contributed by atoms with E-state index in [2.05, 4.69) is 28.2 Å². The van der Waals surface area contributed by atoms with Gasteiger partial charge in [-0.25, -0.2) is 0 Å². The van der Waals surface area contributed by atoms with Gasteiger partial charge in [-0.15, -0.1) is 0 Å². The van der Waals surface area contributed by atoms with Crippen LogP contribution >= 0.6 is 15.9 Å². The lowest BCUT2D eigenvalue weighted by molar-refractivity contribution is 0.261. The zero-order valence-electron chi connectivity index (χ0n) is 11.7. The number of aromatic hydroxyl groups is 1. The maximum Gasteiger partial charge on any atom is 0.120 e. The molecule has 0 aliphatic heterocycles. The van der Waals surface area contributed by atoms with Crippen molar-refractivity contribution in [2.45, 2.75) is 58.0 Å². The molecule has 0 saturated heterocycles. The molecule has 1 unspecified atom stereocenters. The number of phenolic OH excluding ortho intramolecular Hbond substituents is 1. The topological polar surface area (TPSA) is 32.3 Å². The van der Waals surface area contributed by atoms with Crippen molar-refractivity contribution in [3.8, 4) is 5.75 Å². The van der Waals surface area contributed by atoms with Crippen LogP contribution in [0, 0.1) is 5.92 Å². The van der Waals surface area contributed by atoms with Crippen molar-refractivity contribution in [2.75, 3.05) is 0 Å². The minimum atomic E-state index is 0.384. The van der Waals surface area contributed by atoms with E-state index in [4.69, 9.17) is 0 Å². The molecule has 0 bridgehead atoms. The first-order valence-electron chi connectivity index (χ1n) is 7.41. The smallest absolute Gasteiger partial charge is 0.120 e. The SMILES string of the molecule is CCC(NCc1cc(Br)ccc1O)C1CCCCC1. The van der Waals surface area contributed by atoms with Crippen LogP contribution in [0.3, 0.4) is 0 Å². The summed E-state index contributed by atoms with van der Waals surface area (Å²) in [5.74, 6) is 1.20. The maximum atomic E-state index is 9.87. The lowest BCUT2D eigenvalue weighted by atomic mass is 9.83. The zero-order chi connectivity index (χ0) is 13.7. The lowest BCUT2D eigenvalue weighted by Crippen LogP contribution is -2.36. The molecule has 2 rings (SSSR count). The predicted octanol–water partition coefficient (Wildman–Crippen LogP) is 4.60. The number of phenols is 1. The van der Waals surface area contributed by atoms with Crippen LogP contribution < -0.4 is 5.32 Å². The third kappa shape index (κ3) is 4.22. The first-order valence-corrected chi connectivity index (χ1v) is 8.20. The molecule has 0 radical (unpaired) electrons. The molecule has 2 N–H and O–H groups in total. The second-order valence-corrected chi connectivity index (χ2v) is 6.48. The van der Waals surface area contributed by atoms with E-state index in [0.29, 0.717) is 11.8 Å². The number of benzene rings is 1. The van der Waals surface area contributed by atoms with Crippen molar-refractivity contribution in [3.63, 3.8) is 0 Å². The fourth-order valence-corrected chi connectivity index (χ4v) is 3.53. The van der Waals surface area contributed by atoms with Gasteiger partial charge in [0.1, 0.15) is 5.75 Å². The molecule has 1 aliphatic rings. The van der Waals surface area contributed by atoms with Gasteiger partial charge in [-0.05, 0) is 43.4 Å². The van der Waals surface area contributed by atoms with Gasteiger partial charge in [-0.3, -0.25) is 0 Å². The molecular weight excluding hydrogens is 302 g/mol. The summed E-state index contributed by atoms with van der Waals surface area (Å²) in [4.78, 5) is 0. The van der Waals surface area contributed by atoms with Gasteiger partial charge >= 0.3 is 0 Å². The lowest BCUT2D eigenvalue weighted by Gasteiger charge is -2.30. The van der Waals surface area contributed by atoms with Gasteiger partial charge < -0.3 is 10.4 Å². The largest absolute Gasteiger partial charge is 0.508 e. The Hall–Kier alpha value is -0.540. The predicted molar refractivity (Wildman–Crippen MR) is 83.3 cm³/mol. The standard InChI is InChI=1S/C16H24BrNO/c1-2-15(12-6-4-3-5-7-12)18-11-13-10-14(17)8-9-16(13)19/h8-10,12,15,18-19H,2-7,11H2,1H3. The van der Waals surface area contributed by atoms with Crippen molar-refractivity contribution < 1.29 is 5.11 Å². The zero-order valence-corrected chi connectivity index (χ0v) is 13.2. The Morgan fingerprint density at radius 2 is 2.05 bits per heavy atom. The molecule has 19 heavy (non-hydrogen) atoms. The highest BCUT2D eigenvalue weighted by Crippen LogP contribution is 2.28. The highest BCUT2D eigenvalue weighted by molar-refractivity contribution is 9.10. The minimum absolute atomic E-state index is 0.384. The monoisotopic (exact) mass is 325 g/mol. The quantitative estimate of drug-likeness (QED) is 0.828. The van der Waals surface area contributed by atoms with Gasteiger partial charge in [-0.1, -0.05) is 42.1 Å². The summed E-state index contributed by atoms with van der Waals surface area (Å²) in [6, 6.07) is 6.20. The van der Waals surface area contributed by atoms with E-state index in [-0.39, 0.29) is 0 Å². The number of nitrogens with one attached hydrogen (secondary N) is 1. The summed E-state index contributed by atoms with van der Waals surface area (Å²) in [6.07, 6.45) is 8.04. The molecule has 0 heterocycles. The molecule has 1 saturated carbocycles. The van der Waals surface area contributed by atoms with Gasteiger partial charge in [0, 0.05) is 22.6 Å². The van der Waals surface area contributed by atoms with Gasteiger partial charge in [0.2, 0.25) is 0 Å². The summed E-state index contributed by atoms with van der Waals surface area (Å²) >= 11 is 3.46. The fourth-order valence-electron chi connectivity index (χ4n) is 3.12. The molecule has 1 fully saturated rings. The Labute approximate surface area is 124 Å². The van der Waals surface area contributed by atoms with E-state index >= 15 is 0 Å². The molecule has 0 aromatic heterocycles. The summed E-state index contributed by atoms with van der Waals surface area (Å²) in [5.41, 5.74) is 0.976. The summed E-state index contributed by atoms with van der Waals surface area (Å²) in [7, 11) is 0. The van der Waals surface area contributed by atoms with Crippen LogP contribution in [0.25, 0.3) is 0 Å². The molecule has 2 nitrogen and oxygen atoms in total. The van der Waals surface area contributed by atoms with Crippen molar-refractivity contribution >= 4 is 15.9 Å².